The first-order valence-corrected chi connectivity index (χ1v) is 6.92. The second-order valence-electron chi connectivity index (χ2n) is 6.44. The number of hydrogen-bond donors (Lipinski definition) is 1. The van der Waals surface area contributed by atoms with Gasteiger partial charge in [0.15, 0.2) is 0 Å². The normalized spacial score (nSPS) is 13.2. The molecule has 0 radical (unpaired) electrons. The minimum Gasteiger partial charge on any atom is -0.497 e. The van der Waals surface area contributed by atoms with Gasteiger partial charge < -0.3 is 15.4 Å². The molecule has 1 aromatic carbocycles. The minimum atomic E-state index is 0.257. The van der Waals surface area contributed by atoms with Crippen molar-refractivity contribution in [3.05, 3.63) is 24.3 Å². The summed E-state index contributed by atoms with van der Waals surface area (Å²) in [6, 6.07) is 8.38. The molecule has 0 aliphatic rings. The lowest BCUT2D eigenvalue weighted by Gasteiger charge is -2.26. The largest absolute Gasteiger partial charge is 0.497 e. The highest BCUT2D eigenvalue weighted by Gasteiger charge is 2.16. The highest BCUT2D eigenvalue weighted by atomic mass is 16.5. The van der Waals surface area contributed by atoms with Gasteiger partial charge >= 0.3 is 0 Å². The van der Waals surface area contributed by atoms with E-state index in [1.165, 1.54) is 5.69 Å². The van der Waals surface area contributed by atoms with E-state index in [1.807, 2.05) is 12.1 Å². The third-order valence-corrected chi connectivity index (χ3v) is 3.20. The Labute approximate surface area is 117 Å². The molecule has 3 heteroatoms. The van der Waals surface area contributed by atoms with Gasteiger partial charge in [0.25, 0.3) is 0 Å². The van der Waals surface area contributed by atoms with Crippen LogP contribution in [0.25, 0.3) is 0 Å². The Morgan fingerprint density at radius 3 is 2.58 bits per heavy atom. The van der Waals surface area contributed by atoms with Crippen LogP contribution in [0.15, 0.2) is 24.3 Å². The number of anilines is 1. The quantitative estimate of drug-likeness (QED) is 0.857. The summed E-state index contributed by atoms with van der Waals surface area (Å²) in [5.74, 6) is 0.892. The van der Waals surface area contributed by atoms with Crippen molar-refractivity contribution in [1.82, 2.24) is 0 Å². The average molecular weight is 264 g/mol. The Hall–Kier alpha value is -1.22. The zero-order valence-electron chi connectivity index (χ0n) is 12.9. The molecule has 0 aliphatic heterocycles. The van der Waals surface area contributed by atoms with E-state index >= 15 is 0 Å². The molecule has 1 atom stereocenters. The molecule has 1 rings (SSSR count). The molecule has 0 fully saturated rings. The van der Waals surface area contributed by atoms with Crippen LogP contribution in [-0.2, 0) is 0 Å². The van der Waals surface area contributed by atoms with Crippen molar-refractivity contribution in [2.45, 2.75) is 39.7 Å². The summed E-state index contributed by atoms with van der Waals surface area (Å²) in [6.07, 6.45) is 2.06. The number of methoxy groups -OCH3 is 1. The Morgan fingerprint density at radius 1 is 1.32 bits per heavy atom. The van der Waals surface area contributed by atoms with E-state index in [4.69, 9.17) is 10.5 Å². The van der Waals surface area contributed by atoms with Crippen molar-refractivity contribution >= 4 is 5.69 Å². The SMILES string of the molecule is COc1cccc(N(C)CCC(N)CC(C)(C)C)c1. The maximum Gasteiger partial charge on any atom is 0.120 e. The lowest BCUT2D eigenvalue weighted by molar-refractivity contribution is 0.332. The number of rotatable bonds is 6. The summed E-state index contributed by atoms with van der Waals surface area (Å²) >= 11 is 0. The van der Waals surface area contributed by atoms with E-state index in [0.717, 1.165) is 25.1 Å². The fourth-order valence-corrected chi connectivity index (χ4v) is 2.23. The molecule has 0 heterocycles. The zero-order chi connectivity index (χ0) is 14.5. The van der Waals surface area contributed by atoms with Crippen molar-refractivity contribution in [2.75, 3.05) is 25.6 Å². The smallest absolute Gasteiger partial charge is 0.120 e. The molecule has 2 N–H and O–H groups in total. The monoisotopic (exact) mass is 264 g/mol. The Balaban J connectivity index is 2.48. The molecule has 0 amide bonds. The molecule has 0 spiro atoms. The van der Waals surface area contributed by atoms with Crippen LogP contribution in [0.1, 0.15) is 33.6 Å². The number of benzene rings is 1. The summed E-state index contributed by atoms with van der Waals surface area (Å²) in [5.41, 5.74) is 7.66. The van der Waals surface area contributed by atoms with Gasteiger partial charge in [0.2, 0.25) is 0 Å². The molecule has 108 valence electrons. The van der Waals surface area contributed by atoms with Crippen LogP contribution >= 0.6 is 0 Å². The molecular weight excluding hydrogens is 236 g/mol. The summed E-state index contributed by atoms with van der Waals surface area (Å²) in [6.45, 7) is 7.67. The Kier molecular flexibility index (Phi) is 5.67. The van der Waals surface area contributed by atoms with Crippen molar-refractivity contribution in [3.63, 3.8) is 0 Å². The fraction of sp³-hybridized carbons (Fsp3) is 0.625. The van der Waals surface area contributed by atoms with Gasteiger partial charge in [-0.15, -0.1) is 0 Å². The maximum absolute atomic E-state index is 6.19. The average Bonchev–Trinajstić information content (AvgIpc) is 2.34. The summed E-state index contributed by atoms with van der Waals surface area (Å²) in [4.78, 5) is 2.23. The van der Waals surface area contributed by atoms with Crippen LogP contribution < -0.4 is 15.4 Å². The molecule has 0 bridgehead atoms. The van der Waals surface area contributed by atoms with Gasteiger partial charge in [-0.3, -0.25) is 0 Å². The maximum atomic E-state index is 6.19. The van der Waals surface area contributed by atoms with Crippen LogP contribution in [0.5, 0.6) is 5.75 Å². The highest BCUT2D eigenvalue weighted by molar-refractivity contribution is 5.50. The molecule has 3 nitrogen and oxygen atoms in total. The van der Waals surface area contributed by atoms with E-state index in [-0.39, 0.29) is 6.04 Å². The first-order chi connectivity index (χ1) is 8.81. The van der Waals surface area contributed by atoms with Gasteiger partial charge in [-0.05, 0) is 30.4 Å². The number of nitrogens with two attached hydrogens (primary N) is 1. The number of hydrogen-bond acceptors (Lipinski definition) is 3. The van der Waals surface area contributed by atoms with E-state index in [9.17, 15) is 0 Å². The summed E-state index contributed by atoms with van der Waals surface area (Å²) < 4.78 is 5.25. The molecule has 19 heavy (non-hydrogen) atoms. The summed E-state index contributed by atoms with van der Waals surface area (Å²) in [7, 11) is 3.79. The minimum absolute atomic E-state index is 0.257. The predicted molar refractivity (Wildman–Crippen MR) is 82.9 cm³/mol. The van der Waals surface area contributed by atoms with E-state index in [1.54, 1.807) is 7.11 Å². The van der Waals surface area contributed by atoms with Gasteiger partial charge in [0, 0.05) is 31.4 Å². The van der Waals surface area contributed by atoms with E-state index < -0.39 is 0 Å². The number of nitrogens with zero attached hydrogens (tertiary/aromatic N) is 1. The van der Waals surface area contributed by atoms with Gasteiger partial charge in [-0.2, -0.15) is 0 Å². The van der Waals surface area contributed by atoms with Crippen LogP contribution in [-0.4, -0.2) is 26.7 Å². The fourth-order valence-electron chi connectivity index (χ4n) is 2.23. The molecule has 0 aliphatic carbocycles. The number of ether oxygens (including phenoxy) is 1. The van der Waals surface area contributed by atoms with Crippen LogP contribution in [0.4, 0.5) is 5.69 Å². The Morgan fingerprint density at radius 2 is 2.00 bits per heavy atom. The van der Waals surface area contributed by atoms with E-state index in [2.05, 4.69) is 44.9 Å². The van der Waals surface area contributed by atoms with Crippen molar-refractivity contribution in [2.24, 2.45) is 11.1 Å². The topological polar surface area (TPSA) is 38.5 Å². The first kappa shape index (κ1) is 15.8. The third-order valence-electron chi connectivity index (χ3n) is 3.20. The van der Waals surface area contributed by atoms with E-state index in [0.29, 0.717) is 5.41 Å². The molecule has 0 saturated heterocycles. The van der Waals surface area contributed by atoms with Gasteiger partial charge in [0.1, 0.15) is 5.75 Å². The first-order valence-electron chi connectivity index (χ1n) is 6.92. The van der Waals surface area contributed by atoms with Gasteiger partial charge in [-0.1, -0.05) is 26.8 Å². The third kappa shape index (κ3) is 5.97. The highest BCUT2D eigenvalue weighted by Crippen LogP contribution is 2.23. The van der Waals surface area contributed by atoms with Crippen molar-refractivity contribution in [3.8, 4) is 5.75 Å². The summed E-state index contributed by atoms with van der Waals surface area (Å²) in [5, 5.41) is 0. The zero-order valence-corrected chi connectivity index (χ0v) is 12.9. The second-order valence-corrected chi connectivity index (χ2v) is 6.44. The second kappa shape index (κ2) is 6.80. The van der Waals surface area contributed by atoms with Crippen molar-refractivity contribution < 1.29 is 4.74 Å². The predicted octanol–water partition coefficient (Wildman–Crippen LogP) is 3.29. The van der Waals surface area contributed by atoms with Crippen LogP contribution in [0, 0.1) is 5.41 Å². The van der Waals surface area contributed by atoms with Gasteiger partial charge in [0.05, 0.1) is 7.11 Å². The molecule has 0 saturated carbocycles. The molecular formula is C16H28N2O. The van der Waals surface area contributed by atoms with Crippen molar-refractivity contribution in [1.29, 1.82) is 0 Å². The molecule has 1 unspecified atom stereocenters. The van der Waals surface area contributed by atoms with Crippen LogP contribution in [0.3, 0.4) is 0 Å². The lowest BCUT2D eigenvalue weighted by atomic mass is 9.87. The lowest BCUT2D eigenvalue weighted by Crippen LogP contribution is -2.31. The Bertz CT molecular complexity index is 385. The molecule has 0 aromatic heterocycles. The molecule has 1 aromatic rings. The van der Waals surface area contributed by atoms with Crippen LogP contribution in [0.2, 0.25) is 0 Å². The van der Waals surface area contributed by atoms with Gasteiger partial charge in [-0.25, -0.2) is 0 Å². The standard InChI is InChI=1S/C16H28N2O/c1-16(2,3)12-13(17)9-10-18(4)14-7-6-8-15(11-14)19-5/h6-8,11,13H,9-10,12,17H2,1-5H3.